The number of alkyl carbamates (subject to hydrolysis) is 1. The number of benzene rings is 1. The number of aliphatic carboxylic acids is 1. The Balaban J connectivity index is 1.49. The molecule has 1 aromatic carbocycles. The molecule has 16 nitrogen and oxygen atoms in total. The topological polar surface area (TPSA) is 232 Å². The number of hydrogen-bond donors (Lipinski definition) is 5. The van der Waals surface area contributed by atoms with Crippen LogP contribution in [0.5, 0.6) is 5.75 Å². The van der Waals surface area contributed by atoms with Crippen LogP contribution in [0.1, 0.15) is 32.4 Å². The lowest BCUT2D eigenvalue weighted by atomic mass is 10.0. The summed E-state index contributed by atoms with van der Waals surface area (Å²) in [6.07, 6.45) is -0.871. The minimum atomic E-state index is -1.32. The number of amides is 4. The van der Waals surface area contributed by atoms with Gasteiger partial charge in [-0.05, 0) is 54.5 Å². The SMILES string of the molecule is CC(C)(C)OC(=O)NC(C(=O)NC1C(=O)N2C(C(=O)O)=C(CSc3nnnn3CC(N)=O)CS[C@@H]12)c1ccc(O)cc1. The minimum Gasteiger partial charge on any atom is -0.508 e. The molecule has 0 aliphatic carbocycles. The van der Waals surface area contributed by atoms with E-state index in [1.165, 1.54) is 40.7 Å². The van der Waals surface area contributed by atoms with E-state index in [9.17, 15) is 34.2 Å². The van der Waals surface area contributed by atoms with Crippen molar-refractivity contribution < 1.29 is 38.9 Å². The second kappa shape index (κ2) is 12.3. The molecule has 1 fully saturated rings. The van der Waals surface area contributed by atoms with Crippen LogP contribution >= 0.6 is 23.5 Å². The van der Waals surface area contributed by atoms with Crippen molar-refractivity contribution in [3.05, 3.63) is 41.1 Å². The highest BCUT2D eigenvalue weighted by molar-refractivity contribution is 8.01. The summed E-state index contributed by atoms with van der Waals surface area (Å²) in [5.74, 6) is -3.05. The van der Waals surface area contributed by atoms with E-state index < -0.39 is 52.8 Å². The molecule has 18 heteroatoms. The van der Waals surface area contributed by atoms with E-state index in [0.717, 1.165) is 16.7 Å². The first-order valence-corrected chi connectivity index (χ1v) is 14.4. The molecule has 2 aliphatic rings. The van der Waals surface area contributed by atoms with Crippen molar-refractivity contribution in [2.75, 3.05) is 11.5 Å². The second-order valence-corrected chi connectivity index (χ2v) is 12.2. The number of fused-ring (bicyclic) bond motifs is 1. The van der Waals surface area contributed by atoms with Gasteiger partial charge in [-0.15, -0.1) is 16.9 Å². The van der Waals surface area contributed by atoms with Crippen molar-refractivity contribution in [2.24, 2.45) is 5.73 Å². The smallest absolute Gasteiger partial charge is 0.408 e. The Morgan fingerprint density at radius 2 is 1.93 bits per heavy atom. The standard InChI is InChI=1S/C24H28N8O8S2/c1-24(2,3)40-23(39)27-15(11-4-6-13(33)7-5-11)18(35)26-16-19(36)32-17(21(37)38)12(9-41-20(16)32)10-42-22-28-29-30-31(22)8-14(25)34/h4-7,15-16,20,33H,8-10H2,1-3H3,(H2,25,34)(H,26,35)(H,27,39)(H,37,38)/t15?,16?,20-/m0/s1. The maximum Gasteiger partial charge on any atom is 0.408 e. The maximum absolute atomic E-state index is 13.4. The molecule has 0 radical (unpaired) electrons. The van der Waals surface area contributed by atoms with Crippen LogP contribution in [-0.4, -0.2) is 93.6 Å². The average molecular weight is 621 g/mol. The summed E-state index contributed by atoms with van der Waals surface area (Å²) in [5.41, 5.74) is 4.89. The van der Waals surface area contributed by atoms with Gasteiger partial charge in [-0.2, -0.15) is 0 Å². The number of nitrogens with two attached hydrogens (primary N) is 1. The van der Waals surface area contributed by atoms with E-state index in [0.29, 0.717) is 11.1 Å². The molecule has 0 bridgehead atoms. The summed E-state index contributed by atoms with van der Waals surface area (Å²) in [6, 6.07) is 3.23. The summed E-state index contributed by atoms with van der Waals surface area (Å²) in [5, 5.41) is 35.3. The van der Waals surface area contributed by atoms with Crippen LogP contribution in [0.2, 0.25) is 0 Å². The lowest BCUT2D eigenvalue weighted by Gasteiger charge is -2.49. The Kier molecular flexibility index (Phi) is 8.95. The number of carboxylic acid groups (broad SMARTS) is 1. The number of phenols is 1. The van der Waals surface area contributed by atoms with Crippen LogP contribution in [0.15, 0.2) is 40.7 Å². The zero-order valence-electron chi connectivity index (χ0n) is 22.6. The molecule has 2 aromatic rings. The number of phenolic OH excluding ortho intramolecular Hbond substituents is 1. The van der Waals surface area contributed by atoms with Crippen molar-refractivity contribution in [1.29, 1.82) is 0 Å². The third-order valence-electron chi connectivity index (χ3n) is 5.88. The third-order valence-corrected chi connectivity index (χ3v) is 8.26. The molecule has 0 spiro atoms. The van der Waals surface area contributed by atoms with Gasteiger partial charge in [0.15, 0.2) is 0 Å². The van der Waals surface area contributed by atoms with Crippen LogP contribution < -0.4 is 16.4 Å². The van der Waals surface area contributed by atoms with Gasteiger partial charge in [0, 0.05) is 11.5 Å². The zero-order valence-corrected chi connectivity index (χ0v) is 24.3. The molecule has 4 rings (SSSR count). The number of thioether (sulfide) groups is 2. The molecule has 42 heavy (non-hydrogen) atoms. The number of carbonyl (C=O) groups excluding carboxylic acids is 4. The van der Waals surface area contributed by atoms with E-state index in [-0.39, 0.29) is 34.7 Å². The summed E-state index contributed by atoms with van der Waals surface area (Å²) >= 11 is 2.34. The quantitative estimate of drug-likeness (QED) is 0.174. The van der Waals surface area contributed by atoms with Crippen LogP contribution in [-0.2, 0) is 30.5 Å². The largest absolute Gasteiger partial charge is 0.508 e. The van der Waals surface area contributed by atoms with Gasteiger partial charge >= 0.3 is 12.1 Å². The first-order chi connectivity index (χ1) is 19.7. The Bertz CT molecular complexity index is 1440. The molecule has 6 N–H and O–H groups in total. The van der Waals surface area contributed by atoms with Crippen LogP contribution in [0.3, 0.4) is 0 Å². The summed E-state index contributed by atoms with van der Waals surface area (Å²) in [7, 11) is 0. The number of nitrogens with zero attached hydrogens (tertiary/aromatic N) is 5. The Morgan fingerprint density at radius 1 is 1.24 bits per heavy atom. The van der Waals surface area contributed by atoms with Gasteiger partial charge in [0.1, 0.15) is 41.0 Å². The summed E-state index contributed by atoms with van der Waals surface area (Å²) in [4.78, 5) is 63.6. The number of primary amides is 1. The molecular formula is C24H28N8O8S2. The molecule has 2 unspecified atom stereocenters. The molecule has 1 saturated heterocycles. The molecule has 1 aromatic heterocycles. The number of carboxylic acids is 1. The number of tetrazole rings is 1. The predicted octanol–water partition coefficient (Wildman–Crippen LogP) is -0.0393. The molecule has 0 saturated carbocycles. The summed E-state index contributed by atoms with van der Waals surface area (Å²) in [6.45, 7) is 4.73. The lowest BCUT2D eigenvalue weighted by molar-refractivity contribution is -0.151. The maximum atomic E-state index is 13.4. The van der Waals surface area contributed by atoms with Gasteiger partial charge in [-0.25, -0.2) is 14.3 Å². The summed E-state index contributed by atoms with van der Waals surface area (Å²) < 4.78 is 6.46. The molecule has 224 valence electrons. The van der Waals surface area contributed by atoms with Gasteiger partial charge in [-0.3, -0.25) is 19.3 Å². The van der Waals surface area contributed by atoms with Crippen molar-refractivity contribution >= 4 is 53.3 Å². The van der Waals surface area contributed by atoms with Crippen molar-refractivity contribution in [1.82, 2.24) is 35.7 Å². The van der Waals surface area contributed by atoms with E-state index in [1.54, 1.807) is 20.8 Å². The van der Waals surface area contributed by atoms with Crippen molar-refractivity contribution in [3.8, 4) is 5.75 Å². The number of nitrogens with one attached hydrogen (secondary N) is 2. The fraction of sp³-hybridized carbons (Fsp3) is 0.417. The van der Waals surface area contributed by atoms with E-state index in [4.69, 9.17) is 10.5 Å². The molecule has 3 atom stereocenters. The van der Waals surface area contributed by atoms with Crippen LogP contribution in [0.25, 0.3) is 0 Å². The van der Waals surface area contributed by atoms with Gasteiger partial charge in [0.25, 0.3) is 5.91 Å². The number of rotatable bonds is 10. The van der Waals surface area contributed by atoms with Crippen molar-refractivity contribution in [3.63, 3.8) is 0 Å². The fourth-order valence-electron chi connectivity index (χ4n) is 4.12. The third kappa shape index (κ3) is 6.93. The number of aromatic nitrogens is 4. The first-order valence-electron chi connectivity index (χ1n) is 12.4. The average Bonchev–Trinajstić information content (AvgIpc) is 3.33. The van der Waals surface area contributed by atoms with E-state index in [2.05, 4.69) is 26.2 Å². The fourth-order valence-corrected chi connectivity index (χ4v) is 6.48. The molecule has 2 aliphatic heterocycles. The van der Waals surface area contributed by atoms with Crippen LogP contribution in [0.4, 0.5) is 4.79 Å². The Labute approximate surface area is 247 Å². The van der Waals surface area contributed by atoms with Gasteiger partial charge in [-0.1, -0.05) is 23.9 Å². The Hall–Kier alpha value is -4.32. The molecule has 3 heterocycles. The van der Waals surface area contributed by atoms with Gasteiger partial charge in [0.05, 0.1) is 0 Å². The monoisotopic (exact) mass is 620 g/mol. The minimum absolute atomic E-state index is 0.0510. The van der Waals surface area contributed by atoms with E-state index >= 15 is 0 Å². The second-order valence-electron chi connectivity index (χ2n) is 10.2. The Morgan fingerprint density at radius 3 is 2.55 bits per heavy atom. The normalized spacial score (nSPS) is 18.9. The highest BCUT2D eigenvalue weighted by atomic mass is 32.2. The predicted molar refractivity (Wildman–Crippen MR) is 148 cm³/mol. The number of aromatic hydroxyl groups is 1. The number of hydrogen-bond acceptors (Lipinski definition) is 12. The lowest BCUT2D eigenvalue weighted by Crippen LogP contribution is -2.71. The van der Waals surface area contributed by atoms with E-state index in [1.807, 2.05) is 0 Å². The zero-order chi connectivity index (χ0) is 30.8. The number of ether oxygens (including phenoxy) is 1. The number of β-lactam (4-membered cyclic amide) rings is 1. The highest BCUT2D eigenvalue weighted by Crippen LogP contribution is 2.41. The van der Waals surface area contributed by atoms with Crippen molar-refractivity contribution in [2.45, 2.75) is 55.5 Å². The highest BCUT2D eigenvalue weighted by Gasteiger charge is 2.54. The van der Waals surface area contributed by atoms with Crippen LogP contribution in [0, 0.1) is 0 Å². The first kappa shape index (κ1) is 30.6. The number of carbonyl (C=O) groups is 5. The van der Waals surface area contributed by atoms with Gasteiger partial charge < -0.3 is 31.3 Å². The molecular weight excluding hydrogens is 592 g/mol. The molecule has 4 amide bonds. The van der Waals surface area contributed by atoms with Gasteiger partial charge in [0.2, 0.25) is 17.0 Å².